The van der Waals surface area contributed by atoms with Crippen LogP contribution in [0.2, 0.25) is 0 Å². The van der Waals surface area contributed by atoms with Gasteiger partial charge in [-0.1, -0.05) is 25.0 Å². The Morgan fingerprint density at radius 3 is 2.72 bits per heavy atom. The average Bonchev–Trinajstić information content (AvgIpc) is 2.41. The average molecular weight is 242 g/mol. The molecule has 0 amide bonds. The van der Waals surface area contributed by atoms with Gasteiger partial charge >= 0.3 is 0 Å². The molecular formula is C14H18N4. The topological polar surface area (TPSA) is 63.8 Å². The van der Waals surface area contributed by atoms with Crippen molar-refractivity contribution < 1.29 is 0 Å². The van der Waals surface area contributed by atoms with Crippen molar-refractivity contribution in [1.82, 2.24) is 9.97 Å². The van der Waals surface area contributed by atoms with Gasteiger partial charge in [-0.05, 0) is 25.0 Å². The summed E-state index contributed by atoms with van der Waals surface area (Å²) in [6, 6.07) is 8.46. The number of hydrogen-bond donors (Lipinski definition) is 2. The molecule has 1 fully saturated rings. The number of anilines is 1. The lowest BCUT2D eigenvalue weighted by Crippen LogP contribution is -2.42. The largest absolute Gasteiger partial charge is 0.364 e. The smallest absolute Gasteiger partial charge is 0.145 e. The van der Waals surface area contributed by atoms with Crippen LogP contribution in [0, 0.1) is 0 Å². The van der Waals surface area contributed by atoms with Crippen molar-refractivity contribution in [2.75, 3.05) is 5.32 Å². The molecule has 0 spiro atoms. The number of rotatable bonds is 2. The van der Waals surface area contributed by atoms with Gasteiger partial charge in [0.05, 0.1) is 17.2 Å². The molecule has 1 aromatic heterocycles. The Balaban J connectivity index is 1.81. The van der Waals surface area contributed by atoms with Gasteiger partial charge in [0, 0.05) is 12.1 Å². The molecule has 4 heteroatoms. The van der Waals surface area contributed by atoms with E-state index >= 15 is 0 Å². The molecule has 2 atom stereocenters. The number of fused-ring (bicyclic) bond motifs is 1. The van der Waals surface area contributed by atoms with Crippen LogP contribution >= 0.6 is 0 Å². The highest BCUT2D eigenvalue weighted by Crippen LogP contribution is 2.20. The second-order valence-electron chi connectivity index (χ2n) is 4.94. The maximum Gasteiger partial charge on any atom is 0.145 e. The summed E-state index contributed by atoms with van der Waals surface area (Å²) in [4.78, 5) is 8.98. The van der Waals surface area contributed by atoms with Gasteiger partial charge in [-0.15, -0.1) is 0 Å². The normalized spacial score (nSPS) is 24.1. The summed E-state index contributed by atoms with van der Waals surface area (Å²) in [6.45, 7) is 0. The van der Waals surface area contributed by atoms with Crippen LogP contribution < -0.4 is 11.1 Å². The summed E-state index contributed by atoms with van der Waals surface area (Å²) in [6.07, 6.45) is 6.49. The van der Waals surface area contributed by atoms with Crippen molar-refractivity contribution in [3.05, 3.63) is 30.5 Å². The van der Waals surface area contributed by atoms with E-state index in [-0.39, 0.29) is 6.04 Å². The van der Waals surface area contributed by atoms with Gasteiger partial charge in [0.15, 0.2) is 0 Å². The van der Waals surface area contributed by atoms with E-state index in [1.54, 1.807) is 6.20 Å². The molecule has 1 aliphatic rings. The summed E-state index contributed by atoms with van der Waals surface area (Å²) in [5.41, 5.74) is 7.98. The Bertz CT molecular complexity index is 540. The maximum atomic E-state index is 6.13. The standard InChI is InChI=1S/C14H18N4/c15-10-5-1-2-6-11(10)17-14-9-16-12-7-3-4-8-13(12)18-14/h3-4,7-11H,1-2,5-6,15H2,(H,17,18)/t10-,11+/m0/s1. The lowest BCUT2D eigenvalue weighted by atomic mass is 9.91. The third-order valence-corrected chi connectivity index (χ3v) is 3.60. The molecule has 2 aromatic rings. The fraction of sp³-hybridized carbons (Fsp3) is 0.429. The van der Waals surface area contributed by atoms with Crippen LogP contribution in [-0.4, -0.2) is 22.1 Å². The zero-order chi connectivity index (χ0) is 12.4. The van der Waals surface area contributed by atoms with Crippen LogP contribution in [0.25, 0.3) is 11.0 Å². The Morgan fingerprint density at radius 2 is 1.89 bits per heavy atom. The first-order valence-electron chi connectivity index (χ1n) is 6.57. The number of nitrogens with one attached hydrogen (secondary N) is 1. The minimum Gasteiger partial charge on any atom is -0.364 e. The summed E-state index contributed by atoms with van der Waals surface area (Å²) in [7, 11) is 0. The van der Waals surface area contributed by atoms with Crippen LogP contribution in [0.1, 0.15) is 25.7 Å². The summed E-state index contributed by atoms with van der Waals surface area (Å²) in [5, 5.41) is 3.42. The van der Waals surface area contributed by atoms with E-state index in [0.717, 1.165) is 29.7 Å². The molecule has 18 heavy (non-hydrogen) atoms. The lowest BCUT2D eigenvalue weighted by molar-refractivity contribution is 0.403. The fourth-order valence-electron chi connectivity index (χ4n) is 2.56. The molecule has 1 saturated carbocycles. The molecule has 0 radical (unpaired) electrons. The number of hydrogen-bond acceptors (Lipinski definition) is 4. The van der Waals surface area contributed by atoms with E-state index in [9.17, 15) is 0 Å². The molecule has 3 N–H and O–H groups in total. The van der Waals surface area contributed by atoms with Crippen LogP contribution in [0.3, 0.4) is 0 Å². The molecule has 0 saturated heterocycles. The summed E-state index contributed by atoms with van der Waals surface area (Å²) in [5.74, 6) is 0.830. The van der Waals surface area contributed by atoms with E-state index in [2.05, 4.69) is 15.3 Å². The first-order valence-corrected chi connectivity index (χ1v) is 6.57. The van der Waals surface area contributed by atoms with E-state index in [0.29, 0.717) is 6.04 Å². The molecular weight excluding hydrogens is 224 g/mol. The summed E-state index contributed by atoms with van der Waals surface area (Å²) >= 11 is 0. The SMILES string of the molecule is N[C@H]1CCCC[C@H]1Nc1cnc2ccccc2n1. The fourth-order valence-corrected chi connectivity index (χ4v) is 2.56. The highest BCUT2D eigenvalue weighted by atomic mass is 15.1. The first kappa shape index (κ1) is 11.4. The molecule has 4 nitrogen and oxygen atoms in total. The van der Waals surface area contributed by atoms with Crippen molar-refractivity contribution in [1.29, 1.82) is 0 Å². The Kier molecular flexibility index (Phi) is 3.11. The zero-order valence-corrected chi connectivity index (χ0v) is 10.3. The van der Waals surface area contributed by atoms with Gasteiger partial charge in [-0.3, -0.25) is 4.98 Å². The van der Waals surface area contributed by atoms with Crippen LogP contribution in [0.4, 0.5) is 5.82 Å². The second kappa shape index (κ2) is 4.90. The third-order valence-electron chi connectivity index (χ3n) is 3.60. The predicted molar refractivity (Wildman–Crippen MR) is 73.4 cm³/mol. The van der Waals surface area contributed by atoms with Gasteiger partial charge < -0.3 is 11.1 Å². The van der Waals surface area contributed by atoms with Crippen molar-refractivity contribution in [3.8, 4) is 0 Å². The van der Waals surface area contributed by atoms with Gasteiger partial charge in [-0.25, -0.2) is 4.98 Å². The quantitative estimate of drug-likeness (QED) is 0.848. The van der Waals surface area contributed by atoms with Crippen LogP contribution in [0.15, 0.2) is 30.5 Å². The predicted octanol–water partition coefficient (Wildman–Crippen LogP) is 2.31. The number of benzene rings is 1. The Morgan fingerprint density at radius 1 is 1.11 bits per heavy atom. The van der Waals surface area contributed by atoms with E-state index in [1.165, 1.54) is 12.8 Å². The number of para-hydroxylation sites is 2. The second-order valence-corrected chi connectivity index (χ2v) is 4.94. The Labute approximate surface area is 107 Å². The molecule has 0 unspecified atom stereocenters. The molecule has 1 aliphatic carbocycles. The highest BCUT2D eigenvalue weighted by molar-refractivity contribution is 5.75. The molecule has 1 aromatic carbocycles. The van der Waals surface area contributed by atoms with Crippen LogP contribution in [-0.2, 0) is 0 Å². The molecule has 94 valence electrons. The number of nitrogens with zero attached hydrogens (tertiary/aromatic N) is 2. The summed E-state index contributed by atoms with van der Waals surface area (Å²) < 4.78 is 0. The maximum absolute atomic E-state index is 6.13. The van der Waals surface area contributed by atoms with Gasteiger partial charge in [0.2, 0.25) is 0 Å². The van der Waals surface area contributed by atoms with Crippen molar-refractivity contribution in [2.24, 2.45) is 5.73 Å². The van der Waals surface area contributed by atoms with Crippen molar-refractivity contribution >= 4 is 16.9 Å². The van der Waals surface area contributed by atoms with Crippen molar-refractivity contribution in [2.45, 2.75) is 37.8 Å². The lowest BCUT2D eigenvalue weighted by Gasteiger charge is -2.29. The van der Waals surface area contributed by atoms with Crippen molar-refractivity contribution in [3.63, 3.8) is 0 Å². The van der Waals surface area contributed by atoms with E-state index < -0.39 is 0 Å². The molecule has 0 bridgehead atoms. The molecule has 3 rings (SSSR count). The highest BCUT2D eigenvalue weighted by Gasteiger charge is 2.21. The number of aromatic nitrogens is 2. The molecule has 0 aliphatic heterocycles. The third kappa shape index (κ3) is 2.29. The van der Waals surface area contributed by atoms with Gasteiger partial charge in [0.25, 0.3) is 0 Å². The van der Waals surface area contributed by atoms with Crippen LogP contribution in [0.5, 0.6) is 0 Å². The minimum atomic E-state index is 0.229. The van der Waals surface area contributed by atoms with E-state index in [4.69, 9.17) is 5.73 Å². The van der Waals surface area contributed by atoms with Gasteiger partial charge in [0.1, 0.15) is 5.82 Å². The number of nitrogens with two attached hydrogens (primary N) is 1. The zero-order valence-electron chi connectivity index (χ0n) is 10.3. The monoisotopic (exact) mass is 242 g/mol. The van der Waals surface area contributed by atoms with Gasteiger partial charge in [-0.2, -0.15) is 0 Å². The minimum absolute atomic E-state index is 0.229. The first-order chi connectivity index (χ1) is 8.83. The molecule has 1 heterocycles. The van der Waals surface area contributed by atoms with E-state index in [1.807, 2.05) is 24.3 Å². The Hall–Kier alpha value is -1.68.